The van der Waals surface area contributed by atoms with Crippen LogP contribution in [0.15, 0.2) is 18.2 Å². The molecule has 25 heavy (non-hydrogen) atoms. The number of benzene rings is 1. The summed E-state index contributed by atoms with van der Waals surface area (Å²) in [6.07, 6.45) is 7.87. The summed E-state index contributed by atoms with van der Waals surface area (Å²) >= 11 is 0. The molecule has 2 heterocycles. The number of amides is 1. The Kier molecular flexibility index (Phi) is 4.59. The van der Waals surface area contributed by atoms with Crippen LogP contribution in [0.25, 0.3) is 0 Å². The highest BCUT2D eigenvalue weighted by molar-refractivity contribution is 5.92. The predicted molar refractivity (Wildman–Crippen MR) is 97.0 cm³/mol. The first kappa shape index (κ1) is 16.7. The molecular weight excluding hydrogens is 316 g/mol. The Bertz CT molecular complexity index is 640. The standard InChI is InChI=1S/C20H28N2O3/c1-15-6-5-11-22(13-15)14-19(23)21-16-7-8-17-18(12-16)25-20(24-17)9-3-2-4-10-20/h7-8,12,15H,2-6,9-11,13-14H2,1H3,(H,21,23)/t15-/m0/s1. The van der Waals surface area contributed by atoms with Crippen molar-refractivity contribution in [2.45, 2.75) is 57.7 Å². The Morgan fingerprint density at radius 2 is 2.00 bits per heavy atom. The number of piperidine rings is 1. The molecule has 0 bridgehead atoms. The second-order valence-corrected chi connectivity index (χ2v) is 7.87. The monoisotopic (exact) mass is 344 g/mol. The quantitative estimate of drug-likeness (QED) is 0.906. The van der Waals surface area contributed by atoms with Gasteiger partial charge in [-0.15, -0.1) is 0 Å². The molecule has 1 saturated heterocycles. The lowest BCUT2D eigenvalue weighted by Gasteiger charge is -2.31. The number of hydrogen-bond donors (Lipinski definition) is 1. The number of carbonyl (C=O) groups is 1. The summed E-state index contributed by atoms with van der Waals surface area (Å²) in [6.45, 7) is 4.74. The highest BCUT2D eigenvalue weighted by atomic mass is 16.7. The van der Waals surface area contributed by atoms with Crippen LogP contribution in [0.3, 0.4) is 0 Å². The molecule has 5 heteroatoms. The Morgan fingerprint density at radius 1 is 1.20 bits per heavy atom. The van der Waals surface area contributed by atoms with Crippen LogP contribution in [-0.4, -0.2) is 36.2 Å². The SMILES string of the molecule is C[C@H]1CCCN(CC(=O)Nc2ccc3c(c2)OC2(CCCCC2)O3)C1. The third-order valence-electron chi connectivity index (χ3n) is 5.54. The van der Waals surface area contributed by atoms with Gasteiger partial charge in [-0.3, -0.25) is 9.69 Å². The number of ether oxygens (including phenoxy) is 2. The van der Waals surface area contributed by atoms with Gasteiger partial charge in [0.25, 0.3) is 5.79 Å². The van der Waals surface area contributed by atoms with Gasteiger partial charge in [0, 0.05) is 31.1 Å². The van der Waals surface area contributed by atoms with Crippen molar-refractivity contribution in [3.8, 4) is 11.5 Å². The van der Waals surface area contributed by atoms with E-state index in [1.165, 1.54) is 19.3 Å². The molecule has 0 unspecified atom stereocenters. The van der Waals surface area contributed by atoms with Crippen LogP contribution in [0, 0.1) is 5.92 Å². The van der Waals surface area contributed by atoms with Crippen molar-refractivity contribution >= 4 is 11.6 Å². The van der Waals surface area contributed by atoms with Crippen LogP contribution in [0.1, 0.15) is 51.9 Å². The second kappa shape index (κ2) is 6.87. The van der Waals surface area contributed by atoms with Gasteiger partial charge in [-0.05, 0) is 50.3 Å². The fourth-order valence-corrected chi connectivity index (χ4v) is 4.30. The highest BCUT2D eigenvalue weighted by Crippen LogP contribution is 2.46. The minimum atomic E-state index is -0.465. The lowest BCUT2D eigenvalue weighted by molar-refractivity contribution is -0.117. The zero-order valence-electron chi connectivity index (χ0n) is 15.1. The van der Waals surface area contributed by atoms with Gasteiger partial charge in [0.1, 0.15) is 0 Å². The van der Waals surface area contributed by atoms with Crippen LogP contribution < -0.4 is 14.8 Å². The fourth-order valence-electron chi connectivity index (χ4n) is 4.30. The van der Waals surface area contributed by atoms with Crippen molar-refractivity contribution in [3.05, 3.63) is 18.2 Å². The summed E-state index contributed by atoms with van der Waals surface area (Å²) < 4.78 is 12.2. The predicted octanol–water partition coefficient (Wildman–Crippen LogP) is 3.79. The molecule has 1 N–H and O–H groups in total. The van der Waals surface area contributed by atoms with Gasteiger partial charge in [-0.25, -0.2) is 0 Å². The Balaban J connectivity index is 1.36. The molecule has 5 nitrogen and oxygen atoms in total. The zero-order chi connectivity index (χ0) is 17.3. The average molecular weight is 344 g/mol. The largest absolute Gasteiger partial charge is 0.448 e. The molecule has 1 aliphatic carbocycles. The number of nitrogens with one attached hydrogen (secondary N) is 1. The van der Waals surface area contributed by atoms with E-state index in [2.05, 4.69) is 17.1 Å². The average Bonchev–Trinajstić information content (AvgIpc) is 2.92. The number of fused-ring (bicyclic) bond motifs is 1. The highest BCUT2D eigenvalue weighted by Gasteiger charge is 2.42. The number of likely N-dealkylation sites (tertiary alicyclic amines) is 1. The summed E-state index contributed by atoms with van der Waals surface area (Å²) in [5.41, 5.74) is 0.783. The molecule has 4 rings (SSSR count). The van der Waals surface area contributed by atoms with Gasteiger partial charge in [0.05, 0.1) is 6.54 Å². The Labute approximate surface area is 149 Å². The van der Waals surface area contributed by atoms with Gasteiger partial charge in [0.15, 0.2) is 11.5 Å². The van der Waals surface area contributed by atoms with Gasteiger partial charge >= 0.3 is 0 Å². The maximum absolute atomic E-state index is 12.4. The maximum atomic E-state index is 12.4. The van der Waals surface area contributed by atoms with E-state index in [0.717, 1.165) is 56.0 Å². The third-order valence-corrected chi connectivity index (χ3v) is 5.54. The van der Waals surface area contributed by atoms with Crippen molar-refractivity contribution < 1.29 is 14.3 Å². The van der Waals surface area contributed by atoms with Crippen LogP contribution >= 0.6 is 0 Å². The Hall–Kier alpha value is -1.75. The van der Waals surface area contributed by atoms with Gasteiger partial charge in [0.2, 0.25) is 5.91 Å². The minimum Gasteiger partial charge on any atom is -0.448 e. The number of nitrogens with zero attached hydrogens (tertiary/aromatic N) is 1. The van der Waals surface area contributed by atoms with E-state index in [4.69, 9.17) is 9.47 Å². The molecule has 2 fully saturated rings. The first-order chi connectivity index (χ1) is 12.1. The van der Waals surface area contributed by atoms with E-state index in [-0.39, 0.29) is 5.91 Å². The van der Waals surface area contributed by atoms with E-state index in [1.54, 1.807) is 0 Å². The van der Waals surface area contributed by atoms with Crippen molar-refractivity contribution in [1.29, 1.82) is 0 Å². The van der Waals surface area contributed by atoms with E-state index in [9.17, 15) is 4.79 Å². The fraction of sp³-hybridized carbons (Fsp3) is 0.650. The lowest BCUT2D eigenvalue weighted by Crippen LogP contribution is -2.40. The number of hydrogen-bond acceptors (Lipinski definition) is 4. The molecule has 1 aromatic rings. The van der Waals surface area contributed by atoms with Gasteiger partial charge in [-0.1, -0.05) is 13.3 Å². The van der Waals surface area contributed by atoms with Crippen LogP contribution in [0.5, 0.6) is 11.5 Å². The number of carbonyl (C=O) groups excluding carboxylic acids is 1. The third kappa shape index (κ3) is 3.76. The van der Waals surface area contributed by atoms with E-state index < -0.39 is 5.79 Å². The molecule has 2 aliphatic heterocycles. The van der Waals surface area contributed by atoms with Gasteiger partial charge in [-0.2, -0.15) is 0 Å². The van der Waals surface area contributed by atoms with Crippen LogP contribution in [0.4, 0.5) is 5.69 Å². The molecule has 1 spiro atoms. The zero-order valence-corrected chi connectivity index (χ0v) is 15.1. The summed E-state index contributed by atoms with van der Waals surface area (Å²) in [5.74, 6) is 1.81. The molecule has 3 aliphatic rings. The molecule has 0 aromatic heterocycles. The molecule has 136 valence electrons. The lowest BCUT2D eigenvalue weighted by atomic mass is 9.94. The summed E-state index contributed by atoms with van der Waals surface area (Å²) in [7, 11) is 0. The second-order valence-electron chi connectivity index (χ2n) is 7.87. The molecule has 0 radical (unpaired) electrons. The summed E-state index contributed by atoms with van der Waals surface area (Å²) in [4.78, 5) is 14.6. The van der Waals surface area contributed by atoms with Crippen LogP contribution in [0.2, 0.25) is 0 Å². The summed E-state index contributed by atoms with van der Waals surface area (Å²) in [5, 5.41) is 3.01. The van der Waals surface area contributed by atoms with Gasteiger partial charge < -0.3 is 14.8 Å². The number of anilines is 1. The normalized spacial score (nSPS) is 25.1. The number of rotatable bonds is 3. The Morgan fingerprint density at radius 3 is 2.80 bits per heavy atom. The molecular formula is C20H28N2O3. The van der Waals surface area contributed by atoms with Crippen molar-refractivity contribution in [2.75, 3.05) is 25.0 Å². The van der Waals surface area contributed by atoms with E-state index in [0.29, 0.717) is 12.5 Å². The van der Waals surface area contributed by atoms with E-state index in [1.807, 2.05) is 18.2 Å². The topological polar surface area (TPSA) is 50.8 Å². The maximum Gasteiger partial charge on any atom is 0.251 e. The van der Waals surface area contributed by atoms with Crippen molar-refractivity contribution in [2.24, 2.45) is 5.92 Å². The smallest absolute Gasteiger partial charge is 0.251 e. The molecule has 1 amide bonds. The van der Waals surface area contributed by atoms with Crippen molar-refractivity contribution in [1.82, 2.24) is 4.90 Å². The molecule has 1 aromatic carbocycles. The minimum absolute atomic E-state index is 0.0420. The first-order valence-corrected chi connectivity index (χ1v) is 9.66. The van der Waals surface area contributed by atoms with Crippen molar-refractivity contribution in [3.63, 3.8) is 0 Å². The molecule has 1 atom stereocenters. The van der Waals surface area contributed by atoms with Crippen LogP contribution in [-0.2, 0) is 4.79 Å². The van der Waals surface area contributed by atoms with E-state index >= 15 is 0 Å². The molecule has 1 saturated carbocycles. The first-order valence-electron chi connectivity index (χ1n) is 9.66. The summed E-state index contributed by atoms with van der Waals surface area (Å²) in [6, 6.07) is 5.72.